The number of hydrogen-bond acceptors (Lipinski definition) is 9. The smallest absolute Gasteiger partial charge is 0.278 e. The molecular formula is C23H27N7O4S. The molecule has 0 atom stereocenters. The fraction of sp³-hybridized carbons (Fsp3) is 0.304. The first-order valence-electron chi connectivity index (χ1n) is 11.2. The Morgan fingerprint density at radius 2 is 1.89 bits per heavy atom. The van der Waals surface area contributed by atoms with E-state index in [4.69, 9.17) is 10.5 Å². The van der Waals surface area contributed by atoms with E-state index in [0.717, 1.165) is 19.6 Å². The Balaban J connectivity index is 1.39. The zero-order chi connectivity index (χ0) is 24.7. The lowest BCUT2D eigenvalue weighted by Gasteiger charge is -2.26. The van der Waals surface area contributed by atoms with E-state index >= 15 is 0 Å². The number of benzene rings is 1. The first kappa shape index (κ1) is 24.7. The number of carbonyl (C=O) groups is 1. The Morgan fingerprint density at radius 1 is 1.11 bits per heavy atom. The highest BCUT2D eigenvalue weighted by Crippen LogP contribution is 2.21. The summed E-state index contributed by atoms with van der Waals surface area (Å²) in [6, 6.07) is 9.60. The molecule has 0 spiro atoms. The zero-order valence-corrected chi connectivity index (χ0v) is 19.9. The van der Waals surface area contributed by atoms with Gasteiger partial charge in [-0.05, 0) is 37.2 Å². The van der Waals surface area contributed by atoms with E-state index in [1.54, 1.807) is 30.5 Å². The number of carbonyl (C=O) groups excluding carboxylic acids is 1. The van der Waals surface area contributed by atoms with Crippen LogP contribution in [0.3, 0.4) is 0 Å². The van der Waals surface area contributed by atoms with Crippen molar-refractivity contribution >= 4 is 27.4 Å². The van der Waals surface area contributed by atoms with Crippen LogP contribution in [0.15, 0.2) is 59.9 Å². The van der Waals surface area contributed by atoms with E-state index in [1.807, 2.05) is 0 Å². The second-order valence-corrected chi connectivity index (χ2v) is 9.68. The summed E-state index contributed by atoms with van der Waals surface area (Å²) in [5.41, 5.74) is 7.30. The second kappa shape index (κ2) is 11.3. The van der Waals surface area contributed by atoms with Gasteiger partial charge in [0.15, 0.2) is 11.5 Å². The number of rotatable bonds is 9. The van der Waals surface area contributed by atoms with Gasteiger partial charge in [-0.1, -0.05) is 12.1 Å². The molecule has 0 saturated carbocycles. The van der Waals surface area contributed by atoms with Gasteiger partial charge in [0.2, 0.25) is 10.0 Å². The minimum Gasteiger partial charge on any atom is -0.382 e. The van der Waals surface area contributed by atoms with E-state index in [0.29, 0.717) is 43.1 Å². The van der Waals surface area contributed by atoms with Crippen LogP contribution in [0.25, 0.3) is 11.3 Å². The maximum Gasteiger partial charge on any atom is 0.278 e. The highest BCUT2D eigenvalue weighted by atomic mass is 32.2. The topological polar surface area (TPSA) is 152 Å². The Morgan fingerprint density at radius 3 is 2.60 bits per heavy atom. The third-order valence-corrected chi connectivity index (χ3v) is 6.92. The first-order valence-corrected chi connectivity index (χ1v) is 12.6. The summed E-state index contributed by atoms with van der Waals surface area (Å²) in [5.74, 6) is -0.541. The lowest BCUT2D eigenvalue weighted by Crippen LogP contribution is -2.38. The summed E-state index contributed by atoms with van der Waals surface area (Å²) >= 11 is 0. The van der Waals surface area contributed by atoms with E-state index in [1.165, 1.54) is 24.5 Å². The average molecular weight is 498 g/mol. The normalized spacial score (nSPS) is 14.5. The van der Waals surface area contributed by atoms with Gasteiger partial charge in [0.05, 0.1) is 41.9 Å². The van der Waals surface area contributed by atoms with Gasteiger partial charge in [0.25, 0.3) is 5.91 Å². The number of nitrogens with zero attached hydrogens (tertiary/aromatic N) is 4. The molecule has 0 unspecified atom stereocenters. The Bertz CT molecular complexity index is 1250. The van der Waals surface area contributed by atoms with Gasteiger partial charge in [0, 0.05) is 31.4 Å². The third-order valence-electron chi connectivity index (χ3n) is 5.44. The van der Waals surface area contributed by atoms with Gasteiger partial charge >= 0.3 is 0 Å². The highest BCUT2D eigenvalue weighted by Gasteiger charge is 2.17. The lowest BCUT2D eigenvalue weighted by molar-refractivity contribution is 0.0376. The monoisotopic (exact) mass is 497 g/mol. The molecule has 1 saturated heterocycles. The molecule has 4 rings (SSSR count). The summed E-state index contributed by atoms with van der Waals surface area (Å²) in [5, 5.41) is 2.67. The number of nitrogens with two attached hydrogens (primary N) is 1. The summed E-state index contributed by atoms with van der Waals surface area (Å²) in [6.45, 7) is 4.34. The largest absolute Gasteiger partial charge is 0.382 e. The highest BCUT2D eigenvalue weighted by molar-refractivity contribution is 7.89. The van der Waals surface area contributed by atoms with Crippen LogP contribution < -0.4 is 15.8 Å². The number of ether oxygens (including phenoxy) is 1. The van der Waals surface area contributed by atoms with E-state index < -0.39 is 15.9 Å². The zero-order valence-electron chi connectivity index (χ0n) is 19.1. The van der Waals surface area contributed by atoms with Crippen LogP contribution >= 0.6 is 0 Å². The molecule has 2 aromatic heterocycles. The van der Waals surface area contributed by atoms with Gasteiger partial charge in [0.1, 0.15) is 0 Å². The van der Waals surface area contributed by atoms with E-state index in [-0.39, 0.29) is 16.4 Å². The van der Waals surface area contributed by atoms with Crippen molar-refractivity contribution in [1.29, 1.82) is 0 Å². The molecule has 3 aromatic rings. The number of hydrogen-bond donors (Lipinski definition) is 3. The predicted octanol–water partition coefficient (Wildman–Crippen LogP) is 1.37. The second-order valence-electron chi connectivity index (χ2n) is 7.91. The maximum atomic E-state index is 12.6. The molecule has 0 aliphatic carbocycles. The van der Waals surface area contributed by atoms with Crippen LogP contribution in [-0.4, -0.2) is 73.6 Å². The minimum atomic E-state index is -3.64. The Kier molecular flexibility index (Phi) is 7.98. The molecule has 184 valence electrons. The maximum absolute atomic E-state index is 12.6. The molecule has 0 bridgehead atoms. The van der Waals surface area contributed by atoms with Crippen molar-refractivity contribution in [3.8, 4) is 11.3 Å². The molecule has 1 aliphatic heterocycles. The van der Waals surface area contributed by atoms with E-state index in [9.17, 15) is 13.2 Å². The minimum absolute atomic E-state index is 0.0179. The molecule has 1 aromatic carbocycles. The number of nitrogen functional groups attached to an aromatic ring is 1. The average Bonchev–Trinajstić information content (AvgIpc) is 2.88. The van der Waals surface area contributed by atoms with Crippen molar-refractivity contribution in [3.05, 3.63) is 60.7 Å². The molecule has 11 nitrogen and oxygen atoms in total. The Hall–Kier alpha value is -3.45. The van der Waals surface area contributed by atoms with Crippen LogP contribution in [0.5, 0.6) is 0 Å². The summed E-state index contributed by atoms with van der Waals surface area (Å²) in [7, 11) is -3.64. The molecule has 4 N–H and O–H groups in total. The van der Waals surface area contributed by atoms with Gasteiger partial charge in [-0.25, -0.2) is 23.1 Å². The van der Waals surface area contributed by atoms with Gasteiger partial charge < -0.3 is 15.8 Å². The summed E-state index contributed by atoms with van der Waals surface area (Å²) < 4.78 is 33.2. The molecule has 12 heteroatoms. The number of nitrogens with one attached hydrogen (secondary N) is 2. The molecule has 1 aliphatic rings. The molecule has 1 fully saturated rings. The molecular weight excluding hydrogens is 470 g/mol. The molecule has 1 amide bonds. The van der Waals surface area contributed by atoms with Crippen LogP contribution in [-0.2, 0) is 14.8 Å². The summed E-state index contributed by atoms with van der Waals surface area (Å²) in [4.78, 5) is 27.4. The van der Waals surface area contributed by atoms with Crippen molar-refractivity contribution in [2.24, 2.45) is 0 Å². The number of amides is 1. The summed E-state index contributed by atoms with van der Waals surface area (Å²) in [6.07, 6.45) is 5.24. The fourth-order valence-corrected chi connectivity index (χ4v) is 4.63. The Labute approximate surface area is 203 Å². The standard InChI is InChI=1S/C23H27N7O4S/c24-22-21(23(31)28-18-3-1-8-25-15-18)29-20(16-26-22)17-4-6-19(7-5-17)35(32,33)27-9-2-10-30-11-13-34-14-12-30/h1,3-8,15-16,27H,2,9-14H2,(H2,24,26)(H,28,31). The molecule has 3 heterocycles. The van der Waals surface area contributed by atoms with Crippen LogP contribution in [0.1, 0.15) is 16.9 Å². The van der Waals surface area contributed by atoms with E-state index in [2.05, 4.69) is 29.9 Å². The molecule has 35 heavy (non-hydrogen) atoms. The van der Waals surface area contributed by atoms with Crippen LogP contribution in [0, 0.1) is 0 Å². The third kappa shape index (κ3) is 6.57. The number of morpholine rings is 1. The number of sulfonamides is 1. The fourth-order valence-electron chi connectivity index (χ4n) is 3.55. The predicted molar refractivity (Wildman–Crippen MR) is 131 cm³/mol. The molecule has 0 radical (unpaired) electrons. The van der Waals surface area contributed by atoms with Gasteiger partial charge in [-0.3, -0.25) is 14.7 Å². The van der Waals surface area contributed by atoms with Crippen molar-refractivity contribution in [1.82, 2.24) is 24.6 Å². The first-order chi connectivity index (χ1) is 16.9. The van der Waals surface area contributed by atoms with Gasteiger partial charge in [-0.2, -0.15) is 0 Å². The van der Waals surface area contributed by atoms with Crippen molar-refractivity contribution < 1.29 is 17.9 Å². The van der Waals surface area contributed by atoms with Crippen molar-refractivity contribution in [2.45, 2.75) is 11.3 Å². The number of anilines is 2. The SMILES string of the molecule is Nc1ncc(-c2ccc(S(=O)(=O)NCCCN3CCOCC3)cc2)nc1C(=O)Nc1cccnc1. The van der Waals surface area contributed by atoms with Gasteiger partial charge in [-0.15, -0.1) is 0 Å². The van der Waals surface area contributed by atoms with Crippen LogP contribution in [0.4, 0.5) is 11.5 Å². The number of aromatic nitrogens is 3. The number of pyridine rings is 1. The quantitative estimate of drug-likeness (QED) is 0.372. The van der Waals surface area contributed by atoms with Crippen molar-refractivity contribution in [3.63, 3.8) is 0 Å². The van der Waals surface area contributed by atoms with Crippen LogP contribution in [0.2, 0.25) is 0 Å². The lowest BCUT2D eigenvalue weighted by atomic mass is 10.1. The van der Waals surface area contributed by atoms with Crippen molar-refractivity contribution in [2.75, 3.05) is 50.4 Å².